The van der Waals surface area contributed by atoms with E-state index in [2.05, 4.69) is 5.32 Å². The molecule has 100 valence electrons. The molecule has 0 aliphatic rings. The van der Waals surface area contributed by atoms with E-state index in [1.165, 1.54) is 17.8 Å². The summed E-state index contributed by atoms with van der Waals surface area (Å²) in [5.74, 6) is -0.225. The Bertz CT molecular complexity index is 408. The van der Waals surface area contributed by atoms with E-state index in [1.807, 2.05) is 13.8 Å². The maximum atomic E-state index is 13.5. The average Bonchev–Trinajstić information content (AvgIpc) is 2.35. The van der Waals surface area contributed by atoms with E-state index in [1.54, 1.807) is 12.1 Å². The first-order valence-corrected chi connectivity index (χ1v) is 7.02. The van der Waals surface area contributed by atoms with E-state index in [4.69, 9.17) is 5.73 Å². The van der Waals surface area contributed by atoms with Gasteiger partial charge in [0.2, 0.25) is 5.91 Å². The molecule has 1 amide bonds. The second kappa shape index (κ2) is 7.26. The Hall–Kier alpha value is -1.23. The molecule has 3 nitrogen and oxygen atoms in total. The summed E-state index contributed by atoms with van der Waals surface area (Å²) < 4.78 is 13.5. The van der Waals surface area contributed by atoms with Crippen LogP contribution >= 0.6 is 11.8 Å². The van der Waals surface area contributed by atoms with Gasteiger partial charge in [0.15, 0.2) is 0 Å². The molecule has 1 aromatic carbocycles. The third kappa shape index (κ3) is 4.56. The Morgan fingerprint density at radius 3 is 2.67 bits per heavy atom. The molecular weight excluding hydrogens is 251 g/mol. The Morgan fingerprint density at radius 1 is 1.44 bits per heavy atom. The van der Waals surface area contributed by atoms with Gasteiger partial charge >= 0.3 is 0 Å². The van der Waals surface area contributed by atoms with Gasteiger partial charge in [-0.05, 0) is 31.0 Å². The van der Waals surface area contributed by atoms with Crippen molar-refractivity contribution in [2.45, 2.75) is 37.6 Å². The van der Waals surface area contributed by atoms with E-state index in [9.17, 15) is 9.18 Å². The van der Waals surface area contributed by atoms with Crippen molar-refractivity contribution in [3.63, 3.8) is 0 Å². The van der Waals surface area contributed by atoms with Crippen LogP contribution in [0.25, 0.3) is 0 Å². The van der Waals surface area contributed by atoms with Gasteiger partial charge in [-0.15, -0.1) is 11.8 Å². The normalized spacial score (nSPS) is 10.7. The second-order valence-electron chi connectivity index (χ2n) is 4.06. The molecule has 0 saturated heterocycles. The highest BCUT2D eigenvalue weighted by atomic mass is 32.2. The van der Waals surface area contributed by atoms with Crippen molar-refractivity contribution >= 4 is 23.4 Å². The monoisotopic (exact) mass is 270 g/mol. The lowest BCUT2D eigenvalue weighted by Crippen LogP contribution is -2.35. The SMILES string of the molecule is CCC(CC)NC(=O)CSc1ccc(N)cc1F. The minimum absolute atomic E-state index is 0.0649. The molecule has 3 N–H and O–H groups in total. The molecular formula is C13H19FN2OS. The molecule has 0 atom stereocenters. The lowest BCUT2D eigenvalue weighted by atomic mass is 10.2. The summed E-state index contributed by atoms with van der Waals surface area (Å²) in [6.45, 7) is 4.06. The topological polar surface area (TPSA) is 55.1 Å². The van der Waals surface area contributed by atoms with Gasteiger partial charge in [0.1, 0.15) is 5.82 Å². The molecule has 0 saturated carbocycles. The summed E-state index contributed by atoms with van der Waals surface area (Å²) in [5, 5.41) is 2.91. The van der Waals surface area contributed by atoms with Crippen LogP contribution in [0.1, 0.15) is 26.7 Å². The highest BCUT2D eigenvalue weighted by Gasteiger charge is 2.10. The third-order valence-corrected chi connectivity index (χ3v) is 3.71. The van der Waals surface area contributed by atoms with Crippen LogP contribution in [0.3, 0.4) is 0 Å². The molecule has 0 heterocycles. The first kappa shape index (κ1) is 14.8. The van der Waals surface area contributed by atoms with Crippen LogP contribution < -0.4 is 11.1 Å². The standard InChI is InChI=1S/C13H19FN2OS/c1-3-10(4-2)16-13(17)8-18-12-6-5-9(15)7-11(12)14/h5-7,10H,3-4,8,15H2,1-2H3,(H,16,17). The third-order valence-electron chi connectivity index (χ3n) is 2.67. The van der Waals surface area contributed by atoms with Crippen LogP contribution in [0, 0.1) is 5.82 Å². The Kier molecular flexibility index (Phi) is 5.98. The van der Waals surface area contributed by atoms with E-state index in [0.29, 0.717) is 10.6 Å². The van der Waals surface area contributed by atoms with Gasteiger partial charge in [-0.1, -0.05) is 13.8 Å². The first-order valence-electron chi connectivity index (χ1n) is 6.04. The fourth-order valence-electron chi connectivity index (χ4n) is 1.54. The number of anilines is 1. The predicted molar refractivity (Wildman–Crippen MR) is 74.0 cm³/mol. The summed E-state index contributed by atoms with van der Waals surface area (Å²) in [6, 6.07) is 4.69. The van der Waals surface area contributed by atoms with Gasteiger partial charge in [-0.25, -0.2) is 4.39 Å². The summed E-state index contributed by atoms with van der Waals surface area (Å²) in [6.07, 6.45) is 1.81. The van der Waals surface area contributed by atoms with Crippen LogP contribution in [0.5, 0.6) is 0 Å². The van der Waals surface area contributed by atoms with Crippen molar-refractivity contribution in [2.24, 2.45) is 0 Å². The molecule has 0 spiro atoms. The fraction of sp³-hybridized carbons (Fsp3) is 0.462. The van der Waals surface area contributed by atoms with Crippen molar-refractivity contribution in [3.05, 3.63) is 24.0 Å². The van der Waals surface area contributed by atoms with Crippen molar-refractivity contribution in [1.29, 1.82) is 0 Å². The zero-order valence-electron chi connectivity index (χ0n) is 10.7. The smallest absolute Gasteiger partial charge is 0.230 e. The molecule has 1 aromatic rings. The number of carbonyl (C=O) groups excluding carboxylic acids is 1. The number of hydrogen-bond donors (Lipinski definition) is 2. The van der Waals surface area contributed by atoms with E-state index < -0.39 is 0 Å². The van der Waals surface area contributed by atoms with E-state index in [0.717, 1.165) is 12.8 Å². The fourth-order valence-corrected chi connectivity index (χ4v) is 2.27. The molecule has 0 aliphatic carbocycles. The number of thioether (sulfide) groups is 1. The number of nitrogens with two attached hydrogens (primary N) is 1. The van der Waals surface area contributed by atoms with Gasteiger partial charge in [-0.2, -0.15) is 0 Å². The van der Waals surface area contributed by atoms with Crippen molar-refractivity contribution < 1.29 is 9.18 Å². The highest BCUT2D eigenvalue weighted by Crippen LogP contribution is 2.23. The number of carbonyl (C=O) groups is 1. The van der Waals surface area contributed by atoms with Crippen LogP contribution in [0.15, 0.2) is 23.1 Å². The zero-order valence-corrected chi connectivity index (χ0v) is 11.5. The number of halogens is 1. The number of nitrogens with one attached hydrogen (secondary N) is 1. The maximum Gasteiger partial charge on any atom is 0.230 e. The molecule has 0 fully saturated rings. The van der Waals surface area contributed by atoms with Crippen molar-refractivity contribution in [2.75, 3.05) is 11.5 Å². The van der Waals surface area contributed by atoms with Gasteiger partial charge in [-0.3, -0.25) is 4.79 Å². The summed E-state index contributed by atoms with van der Waals surface area (Å²) >= 11 is 1.18. The highest BCUT2D eigenvalue weighted by molar-refractivity contribution is 8.00. The molecule has 18 heavy (non-hydrogen) atoms. The van der Waals surface area contributed by atoms with E-state index in [-0.39, 0.29) is 23.5 Å². The largest absolute Gasteiger partial charge is 0.399 e. The van der Waals surface area contributed by atoms with Crippen LogP contribution in [-0.4, -0.2) is 17.7 Å². The van der Waals surface area contributed by atoms with Gasteiger partial charge in [0, 0.05) is 16.6 Å². The second-order valence-corrected chi connectivity index (χ2v) is 5.08. The molecule has 1 rings (SSSR count). The zero-order chi connectivity index (χ0) is 13.5. The number of nitrogen functional groups attached to an aromatic ring is 1. The Balaban J connectivity index is 2.47. The maximum absolute atomic E-state index is 13.5. The molecule has 5 heteroatoms. The van der Waals surface area contributed by atoms with Gasteiger partial charge in [0.25, 0.3) is 0 Å². The van der Waals surface area contributed by atoms with Gasteiger partial charge in [0.05, 0.1) is 5.75 Å². The molecule has 0 aromatic heterocycles. The lowest BCUT2D eigenvalue weighted by molar-refractivity contribution is -0.119. The van der Waals surface area contributed by atoms with Crippen molar-refractivity contribution in [3.8, 4) is 0 Å². The van der Waals surface area contributed by atoms with Crippen molar-refractivity contribution in [1.82, 2.24) is 5.32 Å². The molecule has 0 aliphatic heterocycles. The number of hydrogen-bond acceptors (Lipinski definition) is 3. The number of benzene rings is 1. The molecule has 0 radical (unpaired) electrons. The van der Waals surface area contributed by atoms with Crippen LogP contribution in [-0.2, 0) is 4.79 Å². The van der Waals surface area contributed by atoms with Crippen LogP contribution in [0.4, 0.5) is 10.1 Å². The number of rotatable bonds is 6. The minimum atomic E-state index is -0.379. The number of amides is 1. The minimum Gasteiger partial charge on any atom is -0.399 e. The average molecular weight is 270 g/mol. The molecule has 0 bridgehead atoms. The van der Waals surface area contributed by atoms with Crippen LogP contribution in [0.2, 0.25) is 0 Å². The Morgan fingerprint density at radius 2 is 2.11 bits per heavy atom. The summed E-state index contributed by atoms with van der Waals surface area (Å²) in [4.78, 5) is 12.1. The van der Waals surface area contributed by atoms with E-state index >= 15 is 0 Å². The quantitative estimate of drug-likeness (QED) is 0.617. The summed E-state index contributed by atoms with van der Waals surface area (Å²) in [7, 11) is 0. The lowest BCUT2D eigenvalue weighted by Gasteiger charge is -2.14. The van der Waals surface area contributed by atoms with Gasteiger partial charge < -0.3 is 11.1 Å². The molecule has 0 unspecified atom stereocenters. The first-order chi connectivity index (χ1) is 8.56. The summed E-state index contributed by atoms with van der Waals surface area (Å²) in [5.41, 5.74) is 5.84. The predicted octanol–water partition coefficient (Wildman–Crippen LogP) is 2.80. The Labute approximate surface area is 111 Å².